The summed E-state index contributed by atoms with van der Waals surface area (Å²) in [6, 6.07) is 29.4. The molecule has 0 N–H and O–H groups in total. The van der Waals surface area contributed by atoms with Crippen molar-refractivity contribution in [1.29, 1.82) is 0 Å². The Kier molecular flexibility index (Phi) is 9.74. The van der Waals surface area contributed by atoms with Crippen LogP contribution >= 0.6 is 0 Å². The number of rotatable bonds is 5. The molecule has 4 aromatic heterocycles. The quantitative estimate of drug-likeness (QED) is 0.131. The van der Waals surface area contributed by atoms with E-state index in [-0.39, 0.29) is 31.2 Å². The molecule has 2 aromatic carbocycles. The van der Waals surface area contributed by atoms with E-state index in [1.807, 2.05) is 65.8 Å². The van der Waals surface area contributed by atoms with Crippen LogP contribution in [0.25, 0.3) is 38.0 Å². The molecular weight excluding hydrogens is 699 g/mol. The minimum atomic E-state index is -0.408. The molecule has 0 saturated heterocycles. The second kappa shape index (κ2) is 13.1. The molecule has 0 fully saturated rings. The van der Waals surface area contributed by atoms with Crippen molar-refractivity contribution in [3.63, 3.8) is 0 Å². The van der Waals surface area contributed by atoms with Crippen LogP contribution in [0.15, 0.2) is 104 Å². The van der Waals surface area contributed by atoms with E-state index in [0.717, 1.165) is 22.7 Å². The molecule has 0 atom stereocenters. The molecule has 7 nitrogen and oxygen atoms in total. The molecule has 0 radical (unpaired) electrons. The van der Waals surface area contributed by atoms with E-state index in [1.54, 1.807) is 12.4 Å². The number of para-hydroxylation sites is 1. The second-order valence-corrected chi connectivity index (χ2v) is 11.8. The summed E-state index contributed by atoms with van der Waals surface area (Å²) in [6.45, 7) is 12.5. The van der Waals surface area contributed by atoms with Gasteiger partial charge in [-0.2, -0.15) is 6.29 Å². The number of hydrogen-bond donors (Lipinski definition) is 0. The summed E-state index contributed by atoms with van der Waals surface area (Å²) in [5, 5.41) is 13.4. The molecule has 0 amide bonds. The van der Waals surface area contributed by atoms with Gasteiger partial charge >= 0.3 is 20.1 Å². The first-order chi connectivity index (χ1) is 19.6. The third-order valence-electron chi connectivity index (χ3n) is 6.20. The maximum atomic E-state index is 4.93. The maximum Gasteiger partial charge on any atom is 3.00 e. The number of nitrogens with zero attached hydrogens (tertiary/aromatic N) is 7. The van der Waals surface area contributed by atoms with Crippen molar-refractivity contribution >= 4 is 39.0 Å². The Morgan fingerprint density at radius 2 is 1.26 bits per heavy atom. The molecule has 6 aromatic rings. The number of aromatic nitrogens is 4. The number of fused-ring (bicyclic) bond motifs is 6. The van der Waals surface area contributed by atoms with Gasteiger partial charge in [-0.05, 0) is 35.7 Å². The molecule has 0 aliphatic heterocycles. The van der Waals surface area contributed by atoms with Crippen molar-refractivity contribution in [2.75, 3.05) is 4.90 Å². The zero-order chi connectivity index (χ0) is 29.0. The van der Waals surface area contributed by atoms with Gasteiger partial charge in [0.25, 0.3) is 0 Å². The number of pyridine rings is 3. The third kappa shape index (κ3) is 7.39. The molecule has 6 rings (SSSR count). The van der Waals surface area contributed by atoms with Crippen LogP contribution in [0, 0.1) is 6.07 Å². The Morgan fingerprint density at radius 1 is 0.690 bits per heavy atom. The smallest absolute Gasteiger partial charge is 0.656 e. The summed E-state index contributed by atoms with van der Waals surface area (Å²) in [5.41, 5.74) is 1.69. The summed E-state index contributed by atoms with van der Waals surface area (Å²) < 4.78 is 2.12. The van der Waals surface area contributed by atoms with Crippen molar-refractivity contribution in [3.8, 4) is 0 Å². The van der Waals surface area contributed by atoms with E-state index in [2.05, 4.69) is 97.3 Å². The van der Waals surface area contributed by atoms with Crippen LogP contribution in [-0.2, 0) is 20.1 Å². The Balaban J connectivity index is 0.000000197. The predicted molar refractivity (Wildman–Crippen MR) is 170 cm³/mol. The van der Waals surface area contributed by atoms with Crippen LogP contribution < -0.4 is 4.90 Å². The van der Waals surface area contributed by atoms with Gasteiger partial charge in [-0.25, -0.2) is 9.97 Å². The molecule has 0 bridgehead atoms. The summed E-state index contributed by atoms with van der Waals surface area (Å²) in [5.74, 6) is 1.56. The van der Waals surface area contributed by atoms with Crippen LogP contribution in [0.4, 0.5) is 11.6 Å². The van der Waals surface area contributed by atoms with Gasteiger partial charge in [0, 0.05) is 30.3 Å². The van der Waals surface area contributed by atoms with E-state index >= 15 is 0 Å². The molecule has 0 spiro atoms. The van der Waals surface area contributed by atoms with Gasteiger partial charge in [-0.1, -0.05) is 77.3 Å². The van der Waals surface area contributed by atoms with Crippen LogP contribution in [0.3, 0.4) is 0 Å². The van der Waals surface area contributed by atoms with E-state index in [0.29, 0.717) is 0 Å². The number of anilines is 2. The first-order valence-corrected chi connectivity index (χ1v) is 13.8. The fourth-order valence-electron chi connectivity index (χ4n) is 4.62. The van der Waals surface area contributed by atoms with Gasteiger partial charge in [0.15, 0.2) is 0 Å². The number of benzene rings is 2. The van der Waals surface area contributed by atoms with Crippen LogP contribution in [-0.4, -0.2) is 36.7 Å². The van der Waals surface area contributed by atoms with Gasteiger partial charge in [0.05, 0.1) is 5.65 Å². The van der Waals surface area contributed by atoms with Crippen molar-refractivity contribution in [3.05, 3.63) is 120 Å². The third-order valence-corrected chi connectivity index (χ3v) is 6.20. The Morgan fingerprint density at radius 3 is 1.83 bits per heavy atom. The summed E-state index contributed by atoms with van der Waals surface area (Å²) >= 11 is 0. The van der Waals surface area contributed by atoms with Crippen molar-refractivity contribution in [2.24, 2.45) is 0 Å². The average Bonchev–Trinajstić information content (AvgIpc) is 3.44. The Hall–Kier alpha value is -3.68. The van der Waals surface area contributed by atoms with Gasteiger partial charge < -0.3 is 19.9 Å². The van der Waals surface area contributed by atoms with Gasteiger partial charge in [0.2, 0.25) is 0 Å². The molecule has 42 heavy (non-hydrogen) atoms. The van der Waals surface area contributed by atoms with Gasteiger partial charge in [0.1, 0.15) is 11.6 Å². The fourth-order valence-corrected chi connectivity index (χ4v) is 4.62. The first kappa shape index (κ1) is 31.3. The summed E-state index contributed by atoms with van der Waals surface area (Å²) in [6.07, 6.45) is 6.97. The van der Waals surface area contributed by atoms with Crippen molar-refractivity contribution in [1.82, 2.24) is 19.4 Å². The molecule has 0 aliphatic rings. The monoisotopic (exact) mass is 735 g/mol. The Labute approximate surface area is 261 Å². The molecule has 4 heterocycles. The average molecular weight is 735 g/mol. The van der Waals surface area contributed by atoms with Crippen molar-refractivity contribution < 1.29 is 20.1 Å². The maximum absolute atomic E-state index is 4.93. The standard InChI is InChI=1S/C19H27N5.C15H9N2.Ir/c1-18(2,3)22-17(23-19(4,5)6)24(15-11-7-9-13-20-15)16-12-8-10-14-21-16;1-2-7-13-11(5-1)12-6-3-4-8-14(12)17-10-9-16-15(13)17;/h7-14,17H,1-6H3;1-6,8-10H;/q-2;-1;+3. The number of imidazole rings is 1. The minimum Gasteiger partial charge on any atom is -0.656 e. The van der Waals surface area contributed by atoms with E-state index < -0.39 is 6.29 Å². The summed E-state index contributed by atoms with van der Waals surface area (Å²) in [7, 11) is 0. The molecule has 0 aliphatic carbocycles. The topological polar surface area (TPSA) is 74.5 Å². The molecule has 0 unspecified atom stereocenters. The first-order valence-electron chi connectivity index (χ1n) is 13.8. The Bertz CT molecular complexity index is 1600. The molecule has 8 heteroatoms. The van der Waals surface area contributed by atoms with Gasteiger partial charge in [-0.3, -0.25) is 4.98 Å². The molecular formula is C34H36IrN7. The second-order valence-electron chi connectivity index (χ2n) is 11.8. The van der Waals surface area contributed by atoms with Crippen LogP contribution in [0.2, 0.25) is 0 Å². The fraction of sp³-hybridized carbons (Fsp3) is 0.265. The zero-order valence-electron chi connectivity index (χ0n) is 24.9. The van der Waals surface area contributed by atoms with Crippen LogP contribution in [0.5, 0.6) is 0 Å². The molecule has 0 saturated carbocycles. The van der Waals surface area contributed by atoms with Crippen LogP contribution in [0.1, 0.15) is 41.5 Å². The van der Waals surface area contributed by atoms with Gasteiger partial charge in [-0.15, -0.1) is 40.7 Å². The van der Waals surface area contributed by atoms with E-state index in [4.69, 9.17) is 10.6 Å². The zero-order valence-corrected chi connectivity index (χ0v) is 27.3. The summed E-state index contributed by atoms with van der Waals surface area (Å²) in [4.78, 5) is 15.4. The van der Waals surface area contributed by atoms with Crippen molar-refractivity contribution in [2.45, 2.75) is 58.9 Å². The SMILES string of the molecule is CC(C)(C)[N-]C([N-]C(C)(C)C)N(c1ccccn1)c1ccccn1.[Ir+3].[c-]1cccc2c1c1nccn1c1ccccc21. The normalized spacial score (nSPS) is 11.8. The molecule has 216 valence electrons. The van der Waals surface area contributed by atoms with E-state index in [9.17, 15) is 0 Å². The largest absolute Gasteiger partial charge is 3.00 e. The minimum absolute atomic E-state index is 0. The van der Waals surface area contributed by atoms with E-state index in [1.165, 1.54) is 16.3 Å². The number of hydrogen-bond acceptors (Lipinski definition) is 4. The predicted octanol–water partition coefficient (Wildman–Crippen LogP) is 8.68.